The summed E-state index contributed by atoms with van der Waals surface area (Å²) in [7, 11) is 0. The summed E-state index contributed by atoms with van der Waals surface area (Å²) in [6.45, 7) is 13.9. The van der Waals surface area contributed by atoms with Crippen LogP contribution in [0.5, 0.6) is 0 Å². The first kappa shape index (κ1) is 19.2. The van der Waals surface area contributed by atoms with Gasteiger partial charge in [-0.2, -0.15) is 0 Å². The average Bonchev–Trinajstić information content (AvgIpc) is 2.58. The van der Waals surface area contributed by atoms with Crippen LogP contribution in [0.4, 0.5) is 0 Å². The molecule has 5 nitrogen and oxygen atoms in total. The van der Waals surface area contributed by atoms with E-state index in [2.05, 4.69) is 48.5 Å². The third-order valence-electron chi connectivity index (χ3n) is 2.65. The van der Waals surface area contributed by atoms with Gasteiger partial charge in [-0.05, 0) is 48.0 Å². The number of hydrogen-bond donors (Lipinski definition) is 2. The maximum atomic E-state index is 5.15. The highest BCUT2D eigenvalue weighted by molar-refractivity contribution is 14.0. The van der Waals surface area contributed by atoms with Gasteiger partial charge in [0.25, 0.3) is 0 Å². The third kappa shape index (κ3) is 6.58. The number of aliphatic imine (C=N–C) groups is 1. The molecule has 0 saturated heterocycles. The van der Waals surface area contributed by atoms with Gasteiger partial charge in [-0.1, -0.05) is 5.16 Å². The molecule has 0 atom stereocenters. The van der Waals surface area contributed by atoms with Gasteiger partial charge in [-0.3, -0.25) is 4.99 Å². The van der Waals surface area contributed by atoms with Crippen molar-refractivity contribution < 1.29 is 4.52 Å². The van der Waals surface area contributed by atoms with Crippen molar-refractivity contribution in [2.75, 3.05) is 13.1 Å². The Kier molecular flexibility index (Phi) is 8.15. The fourth-order valence-electron chi connectivity index (χ4n) is 1.80. The van der Waals surface area contributed by atoms with E-state index in [-0.39, 0.29) is 29.5 Å². The summed E-state index contributed by atoms with van der Waals surface area (Å²) in [4.78, 5) is 4.58. The first-order chi connectivity index (χ1) is 8.83. The van der Waals surface area contributed by atoms with Crippen molar-refractivity contribution in [3.05, 3.63) is 17.0 Å². The Morgan fingerprint density at radius 3 is 2.40 bits per heavy atom. The van der Waals surface area contributed by atoms with E-state index < -0.39 is 0 Å². The van der Waals surface area contributed by atoms with Crippen molar-refractivity contribution >= 4 is 29.9 Å². The smallest absolute Gasteiger partial charge is 0.191 e. The molecule has 0 aromatic carbocycles. The van der Waals surface area contributed by atoms with Gasteiger partial charge >= 0.3 is 0 Å². The normalized spacial score (nSPS) is 12.0. The largest absolute Gasteiger partial charge is 0.361 e. The monoisotopic (exact) mass is 394 g/mol. The SMILES string of the molecule is CCNC(=NCCc1c(C)noc1C)NC(C)(C)C.I. The highest BCUT2D eigenvalue weighted by Gasteiger charge is 2.12. The van der Waals surface area contributed by atoms with Crippen LogP contribution in [-0.2, 0) is 6.42 Å². The summed E-state index contributed by atoms with van der Waals surface area (Å²) in [5.74, 6) is 1.74. The van der Waals surface area contributed by atoms with E-state index >= 15 is 0 Å². The number of aromatic nitrogens is 1. The molecule has 0 fully saturated rings. The van der Waals surface area contributed by atoms with Crippen LogP contribution in [0.15, 0.2) is 9.52 Å². The first-order valence-corrected chi connectivity index (χ1v) is 6.81. The Balaban J connectivity index is 0.00000361. The van der Waals surface area contributed by atoms with Gasteiger partial charge in [-0.25, -0.2) is 0 Å². The number of halogens is 1. The van der Waals surface area contributed by atoms with Gasteiger partial charge in [0, 0.05) is 24.2 Å². The highest BCUT2D eigenvalue weighted by Crippen LogP contribution is 2.12. The minimum atomic E-state index is 0. The van der Waals surface area contributed by atoms with E-state index in [1.165, 1.54) is 0 Å². The summed E-state index contributed by atoms with van der Waals surface area (Å²) in [6, 6.07) is 0. The molecule has 0 bridgehead atoms. The summed E-state index contributed by atoms with van der Waals surface area (Å²) in [6.07, 6.45) is 0.849. The van der Waals surface area contributed by atoms with Crippen LogP contribution in [0.2, 0.25) is 0 Å². The van der Waals surface area contributed by atoms with Crippen molar-refractivity contribution in [3.8, 4) is 0 Å². The molecule has 1 aromatic heterocycles. The third-order valence-corrected chi connectivity index (χ3v) is 2.65. The van der Waals surface area contributed by atoms with Crippen LogP contribution >= 0.6 is 24.0 Å². The van der Waals surface area contributed by atoms with Gasteiger partial charge in [0.05, 0.1) is 5.69 Å². The van der Waals surface area contributed by atoms with Gasteiger partial charge < -0.3 is 15.2 Å². The number of nitrogens with one attached hydrogen (secondary N) is 2. The van der Waals surface area contributed by atoms with Crippen molar-refractivity contribution in [2.45, 2.75) is 53.5 Å². The Morgan fingerprint density at radius 1 is 1.30 bits per heavy atom. The molecule has 0 amide bonds. The lowest BCUT2D eigenvalue weighted by molar-refractivity contribution is 0.392. The maximum Gasteiger partial charge on any atom is 0.191 e. The van der Waals surface area contributed by atoms with Crippen molar-refractivity contribution in [1.82, 2.24) is 15.8 Å². The Bertz CT molecular complexity index is 415. The van der Waals surface area contributed by atoms with Crippen LogP contribution < -0.4 is 10.6 Å². The molecule has 0 unspecified atom stereocenters. The van der Waals surface area contributed by atoms with E-state index in [1.807, 2.05) is 13.8 Å². The van der Waals surface area contributed by atoms with Crippen LogP contribution in [0.1, 0.15) is 44.7 Å². The maximum absolute atomic E-state index is 5.15. The molecule has 1 aromatic rings. The Labute approximate surface area is 139 Å². The fraction of sp³-hybridized carbons (Fsp3) is 0.714. The molecule has 2 N–H and O–H groups in total. The average molecular weight is 394 g/mol. The molecule has 20 heavy (non-hydrogen) atoms. The zero-order chi connectivity index (χ0) is 14.5. The van der Waals surface area contributed by atoms with E-state index in [9.17, 15) is 0 Å². The molecule has 0 aliphatic rings. The molecule has 0 spiro atoms. The lowest BCUT2D eigenvalue weighted by atomic mass is 10.1. The topological polar surface area (TPSA) is 62.5 Å². The van der Waals surface area contributed by atoms with Gasteiger partial charge in [0.2, 0.25) is 0 Å². The van der Waals surface area contributed by atoms with Crippen LogP contribution in [-0.4, -0.2) is 29.7 Å². The first-order valence-electron chi connectivity index (χ1n) is 6.81. The van der Waals surface area contributed by atoms with Crippen molar-refractivity contribution in [3.63, 3.8) is 0 Å². The molecule has 0 radical (unpaired) electrons. The minimum Gasteiger partial charge on any atom is -0.361 e. The summed E-state index contributed by atoms with van der Waals surface area (Å²) >= 11 is 0. The van der Waals surface area contributed by atoms with Crippen LogP contribution in [0.25, 0.3) is 0 Å². The molecular formula is C14H27IN4O. The number of nitrogens with zero attached hydrogens (tertiary/aromatic N) is 2. The Morgan fingerprint density at radius 2 is 1.95 bits per heavy atom. The summed E-state index contributed by atoms with van der Waals surface area (Å²) < 4.78 is 5.15. The number of hydrogen-bond acceptors (Lipinski definition) is 3. The van der Waals surface area contributed by atoms with Crippen molar-refractivity contribution in [2.24, 2.45) is 4.99 Å². The second-order valence-electron chi connectivity index (χ2n) is 5.69. The zero-order valence-corrected chi connectivity index (χ0v) is 15.7. The number of rotatable bonds is 4. The molecule has 6 heteroatoms. The zero-order valence-electron chi connectivity index (χ0n) is 13.3. The van der Waals surface area contributed by atoms with Crippen LogP contribution in [0.3, 0.4) is 0 Å². The highest BCUT2D eigenvalue weighted by atomic mass is 127. The standard InChI is InChI=1S/C14H26N4O.HI/c1-7-15-13(17-14(4,5)6)16-9-8-12-10(2)18-19-11(12)3;/h7-9H2,1-6H3,(H2,15,16,17);1H. The molecule has 0 saturated carbocycles. The second kappa shape index (κ2) is 8.49. The molecular weight excluding hydrogens is 367 g/mol. The molecule has 116 valence electrons. The lowest BCUT2D eigenvalue weighted by Gasteiger charge is -2.23. The van der Waals surface area contributed by atoms with E-state index in [1.54, 1.807) is 0 Å². The second-order valence-corrected chi connectivity index (χ2v) is 5.69. The van der Waals surface area contributed by atoms with Gasteiger partial charge in [-0.15, -0.1) is 24.0 Å². The number of guanidine groups is 1. The fourth-order valence-corrected chi connectivity index (χ4v) is 1.80. The molecule has 1 rings (SSSR count). The molecule has 0 aliphatic carbocycles. The van der Waals surface area contributed by atoms with E-state index in [0.29, 0.717) is 6.54 Å². The summed E-state index contributed by atoms with van der Waals surface area (Å²) in [5, 5.41) is 10.6. The van der Waals surface area contributed by atoms with Crippen molar-refractivity contribution in [1.29, 1.82) is 0 Å². The molecule has 1 heterocycles. The Hall–Kier alpha value is -0.790. The van der Waals surface area contributed by atoms with Gasteiger partial charge in [0.15, 0.2) is 5.96 Å². The van der Waals surface area contributed by atoms with Gasteiger partial charge in [0.1, 0.15) is 5.76 Å². The van der Waals surface area contributed by atoms with E-state index in [0.717, 1.165) is 35.9 Å². The number of aryl methyl sites for hydroxylation is 2. The lowest BCUT2D eigenvalue weighted by Crippen LogP contribution is -2.47. The van der Waals surface area contributed by atoms with E-state index in [4.69, 9.17) is 4.52 Å². The molecule has 0 aliphatic heterocycles. The predicted molar refractivity (Wildman–Crippen MR) is 94.0 cm³/mol. The summed E-state index contributed by atoms with van der Waals surface area (Å²) in [5.41, 5.74) is 2.13. The van der Waals surface area contributed by atoms with Crippen LogP contribution in [0, 0.1) is 13.8 Å². The quantitative estimate of drug-likeness (QED) is 0.469. The minimum absolute atomic E-state index is 0. The predicted octanol–water partition coefficient (Wildman–Crippen LogP) is 2.81.